The van der Waals surface area contributed by atoms with Gasteiger partial charge in [0.1, 0.15) is 17.4 Å². The van der Waals surface area contributed by atoms with Crippen molar-refractivity contribution in [2.24, 2.45) is 0 Å². The molecule has 0 aromatic heterocycles. The fraction of sp³-hybridized carbons (Fsp3) is 0.176. The summed E-state index contributed by atoms with van der Waals surface area (Å²) in [6.45, 7) is 5.50. The molecule has 21 heavy (non-hydrogen) atoms. The molecule has 2 aromatic rings. The summed E-state index contributed by atoms with van der Waals surface area (Å²) in [6.07, 6.45) is 2.18. The van der Waals surface area contributed by atoms with Crippen molar-refractivity contribution < 1.29 is 13.5 Å². The zero-order valence-corrected chi connectivity index (χ0v) is 13.2. The molecule has 0 saturated carbocycles. The topological polar surface area (TPSA) is 9.23 Å². The Morgan fingerprint density at radius 2 is 1.95 bits per heavy atom. The minimum absolute atomic E-state index is 0.168. The van der Waals surface area contributed by atoms with E-state index in [1.54, 1.807) is 18.2 Å². The van der Waals surface area contributed by atoms with Crippen LogP contribution in [-0.4, -0.2) is 6.10 Å². The van der Waals surface area contributed by atoms with Gasteiger partial charge in [-0.2, -0.15) is 0 Å². The molecule has 0 aliphatic rings. The van der Waals surface area contributed by atoms with Crippen LogP contribution in [0.15, 0.2) is 53.5 Å². The molecular formula is C17H15BrF2O. The van der Waals surface area contributed by atoms with Gasteiger partial charge in [0.15, 0.2) is 0 Å². The lowest BCUT2D eigenvalue weighted by Gasteiger charge is -2.17. The van der Waals surface area contributed by atoms with Gasteiger partial charge < -0.3 is 4.74 Å². The Hall–Kier alpha value is -1.68. The van der Waals surface area contributed by atoms with E-state index in [2.05, 4.69) is 22.5 Å². The second-order valence-electron chi connectivity index (χ2n) is 4.72. The van der Waals surface area contributed by atoms with Crippen LogP contribution in [0.1, 0.15) is 13.3 Å². The van der Waals surface area contributed by atoms with E-state index in [0.29, 0.717) is 23.3 Å². The zero-order chi connectivity index (χ0) is 15.4. The minimum Gasteiger partial charge on any atom is -0.490 e. The molecule has 0 bridgehead atoms. The van der Waals surface area contributed by atoms with Crippen LogP contribution in [-0.2, 0) is 0 Å². The summed E-state index contributed by atoms with van der Waals surface area (Å²) in [7, 11) is 0. The molecule has 2 rings (SSSR count). The molecule has 0 saturated heterocycles. The Bertz CT molecular complexity index is 655. The Morgan fingerprint density at radius 3 is 2.67 bits per heavy atom. The van der Waals surface area contributed by atoms with Crippen LogP contribution >= 0.6 is 15.9 Å². The van der Waals surface area contributed by atoms with Gasteiger partial charge in [0, 0.05) is 28.1 Å². The molecule has 0 radical (unpaired) electrons. The van der Waals surface area contributed by atoms with E-state index in [9.17, 15) is 8.78 Å². The highest BCUT2D eigenvalue weighted by Gasteiger charge is 2.14. The summed E-state index contributed by atoms with van der Waals surface area (Å²) in [5.74, 6) is -0.484. The van der Waals surface area contributed by atoms with Gasteiger partial charge in [0.2, 0.25) is 0 Å². The number of ether oxygens (including phenoxy) is 1. The van der Waals surface area contributed by atoms with Crippen molar-refractivity contribution in [1.29, 1.82) is 0 Å². The highest BCUT2D eigenvalue weighted by Crippen LogP contribution is 2.34. The second-order valence-corrected chi connectivity index (χ2v) is 5.63. The van der Waals surface area contributed by atoms with Crippen molar-refractivity contribution in [3.8, 4) is 16.9 Å². The van der Waals surface area contributed by atoms with Crippen LogP contribution in [0.5, 0.6) is 5.75 Å². The molecule has 0 aliphatic carbocycles. The van der Waals surface area contributed by atoms with Crippen LogP contribution in [0.2, 0.25) is 0 Å². The third kappa shape index (κ3) is 3.91. The third-order valence-electron chi connectivity index (χ3n) is 2.99. The lowest BCUT2D eigenvalue weighted by molar-refractivity contribution is 0.225. The number of hydrogen-bond donors (Lipinski definition) is 0. The summed E-state index contributed by atoms with van der Waals surface area (Å²) >= 11 is 3.31. The first kappa shape index (κ1) is 15.7. The number of halogens is 3. The van der Waals surface area contributed by atoms with E-state index in [-0.39, 0.29) is 11.9 Å². The fourth-order valence-corrected chi connectivity index (χ4v) is 2.38. The van der Waals surface area contributed by atoms with E-state index >= 15 is 0 Å². The molecule has 4 heteroatoms. The molecule has 0 spiro atoms. The maximum atomic E-state index is 14.0. The maximum absolute atomic E-state index is 14.0. The molecule has 1 nitrogen and oxygen atoms in total. The Labute approximate surface area is 131 Å². The summed E-state index contributed by atoms with van der Waals surface area (Å²) in [5.41, 5.74) is 0.885. The standard InChI is InChI=1S/C17H15BrF2O/c1-3-4-11(2)21-17-10-13(19)6-7-14(17)15-9-12(18)5-8-16(15)20/h3,5-11H,1,4H2,2H3/t11-/m0/s1. The molecular weight excluding hydrogens is 338 g/mol. The summed E-state index contributed by atoms with van der Waals surface area (Å²) < 4.78 is 34.0. The minimum atomic E-state index is -0.421. The van der Waals surface area contributed by atoms with Gasteiger partial charge in [-0.05, 0) is 37.3 Å². The first-order valence-corrected chi connectivity index (χ1v) is 7.33. The van der Waals surface area contributed by atoms with Crippen LogP contribution < -0.4 is 4.74 Å². The highest BCUT2D eigenvalue weighted by atomic mass is 79.9. The molecule has 0 heterocycles. The maximum Gasteiger partial charge on any atom is 0.131 e. The second kappa shape index (κ2) is 6.85. The van der Waals surface area contributed by atoms with Crippen LogP contribution in [0.3, 0.4) is 0 Å². The number of hydrogen-bond acceptors (Lipinski definition) is 1. The average Bonchev–Trinajstić information content (AvgIpc) is 2.42. The molecule has 110 valence electrons. The molecule has 0 aliphatic heterocycles. The van der Waals surface area contributed by atoms with E-state index in [4.69, 9.17) is 4.74 Å². The Morgan fingerprint density at radius 1 is 1.19 bits per heavy atom. The predicted octanol–water partition coefficient (Wildman–Crippen LogP) is 5.74. The summed E-state index contributed by atoms with van der Waals surface area (Å²) in [6, 6.07) is 8.71. The molecule has 0 unspecified atom stereocenters. The van der Waals surface area contributed by atoms with Crippen LogP contribution in [0.25, 0.3) is 11.1 Å². The van der Waals surface area contributed by atoms with E-state index in [0.717, 1.165) is 4.47 Å². The van der Waals surface area contributed by atoms with Crippen molar-refractivity contribution in [2.45, 2.75) is 19.4 Å². The van der Waals surface area contributed by atoms with Crippen molar-refractivity contribution >= 4 is 15.9 Å². The Kier molecular flexibility index (Phi) is 5.12. The van der Waals surface area contributed by atoms with Gasteiger partial charge in [-0.15, -0.1) is 6.58 Å². The predicted molar refractivity (Wildman–Crippen MR) is 84.4 cm³/mol. The van der Waals surface area contributed by atoms with E-state index in [1.165, 1.54) is 24.3 Å². The largest absolute Gasteiger partial charge is 0.490 e. The van der Waals surface area contributed by atoms with Crippen molar-refractivity contribution in [3.05, 3.63) is 65.2 Å². The van der Waals surface area contributed by atoms with Gasteiger partial charge in [-0.3, -0.25) is 0 Å². The first-order chi connectivity index (χ1) is 10.0. The van der Waals surface area contributed by atoms with Crippen LogP contribution in [0, 0.1) is 11.6 Å². The number of benzene rings is 2. The highest BCUT2D eigenvalue weighted by molar-refractivity contribution is 9.10. The first-order valence-electron chi connectivity index (χ1n) is 6.53. The molecule has 1 atom stereocenters. The van der Waals surface area contributed by atoms with Crippen molar-refractivity contribution in [1.82, 2.24) is 0 Å². The smallest absolute Gasteiger partial charge is 0.131 e. The molecule has 2 aromatic carbocycles. The van der Waals surface area contributed by atoms with Gasteiger partial charge in [0.05, 0.1) is 6.10 Å². The van der Waals surface area contributed by atoms with Gasteiger partial charge >= 0.3 is 0 Å². The van der Waals surface area contributed by atoms with Crippen molar-refractivity contribution in [2.75, 3.05) is 0 Å². The monoisotopic (exact) mass is 352 g/mol. The lowest BCUT2D eigenvalue weighted by atomic mass is 10.0. The Balaban J connectivity index is 2.47. The number of rotatable bonds is 5. The van der Waals surface area contributed by atoms with Crippen LogP contribution in [0.4, 0.5) is 8.78 Å². The molecule has 0 N–H and O–H groups in total. The van der Waals surface area contributed by atoms with Crippen molar-refractivity contribution in [3.63, 3.8) is 0 Å². The molecule has 0 amide bonds. The average molecular weight is 353 g/mol. The SMILES string of the molecule is C=CC[C@H](C)Oc1cc(F)ccc1-c1cc(Br)ccc1F. The normalized spacial score (nSPS) is 12.0. The summed E-state index contributed by atoms with van der Waals surface area (Å²) in [4.78, 5) is 0. The van der Waals surface area contributed by atoms with E-state index in [1.807, 2.05) is 6.92 Å². The van der Waals surface area contributed by atoms with Gasteiger partial charge in [0.25, 0.3) is 0 Å². The zero-order valence-electron chi connectivity index (χ0n) is 11.6. The quantitative estimate of drug-likeness (QED) is 0.623. The lowest BCUT2D eigenvalue weighted by Crippen LogP contribution is -2.11. The van der Waals surface area contributed by atoms with Gasteiger partial charge in [-0.1, -0.05) is 22.0 Å². The van der Waals surface area contributed by atoms with Gasteiger partial charge in [-0.25, -0.2) is 8.78 Å². The van der Waals surface area contributed by atoms with E-state index < -0.39 is 5.82 Å². The molecule has 0 fully saturated rings. The fourth-order valence-electron chi connectivity index (χ4n) is 2.02. The third-order valence-corrected chi connectivity index (χ3v) is 3.48. The summed E-state index contributed by atoms with van der Waals surface area (Å²) in [5, 5.41) is 0.